The maximum atomic E-state index is 11.9. The lowest BCUT2D eigenvalue weighted by Gasteiger charge is -2.29. The van der Waals surface area contributed by atoms with Crippen molar-refractivity contribution in [2.45, 2.75) is 27.2 Å². The summed E-state index contributed by atoms with van der Waals surface area (Å²) in [5.74, 6) is -0.685. The van der Waals surface area contributed by atoms with Crippen LogP contribution in [0.5, 0.6) is 0 Å². The number of hydrogen-bond acceptors (Lipinski definition) is 3. The van der Waals surface area contributed by atoms with Crippen LogP contribution in [0.4, 0.5) is 8.78 Å². The van der Waals surface area contributed by atoms with E-state index in [2.05, 4.69) is 0 Å². The van der Waals surface area contributed by atoms with Crippen molar-refractivity contribution >= 4 is 19.7 Å². The average molecular weight is 279 g/mol. The van der Waals surface area contributed by atoms with Crippen LogP contribution < -0.4 is 0 Å². The molecule has 0 rings (SSSR count). The molecule has 0 aromatic heterocycles. The zero-order valence-corrected chi connectivity index (χ0v) is 11.1. The number of hydrogen-bond donors (Lipinski definition) is 0. The van der Waals surface area contributed by atoms with Gasteiger partial charge in [0, 0.05) is 16.6 Å². The van der Waals surface area contributed by atoms with Gasteiger partial charge in [0.05, 0.1) is 12.4 Å². The van der Waals surface area contributed by atoms with Crippen LogP contribution in [0.25, 0.3) is 0 Å². The van der Waals surface area contributed by atoms with Crippen LogP contribution in [0, 0.1) is 11.3 Å². The summed E-state index contributed by atoms with van der Waals surface area (Å²) in [6, 6.07) is 0. The molecule has 0 aliphatic heterocycles. The number of rotatable bonds is 6. The van der Waals surface area contributed by atoms with Crippen molar-refractivity contribution in [2.24, 2.45) is 11.3 Å². The summed E-state index contributed by atoms with van der Waals surface area (Å²) in [6.45, 7) is 4.71. The maximum absolute atomic E-state index is 11.9. The molecule has 1 atom stereocenters. The van der Waals surface area contributed by atoms with Crippen molar-refractivity contribution in [2.75, 3.05) is 19.0 Å². The number of ether oxygens (including phenoxy) is 1. The second-order valence-electron chi connectivity index (χ2n) is 4.70. The summed E-state index contributed by atoms with van der Waals surface area (Å²) in [5, 5.41) is 0. The van der Waals surface area contributed by atoms with Gasteiger partial charge >= 0.3 is 0 Å². The number of alkyl halides is 2. The summed E-state index contributed by atoms with van der Waals surface area (Å²) in [5.41, 5.74) is -0.371. The van der Waals surface area contributed by atoms with E-state index in [0.717, 1.165) is 0 Å². The smallest absolute Gasteiger partial charge is 0.261 e. The Morgan fingerprint density at radius 1 is 1.25 bits per heavy atom. The molecule has 0 saturated carbocycles. The zero-order valence-electron chi connectivity index (χ0n) is 9.54. The third-order valence-electron chi connectivity index (χ3n) is 2.19. The normalized spacial score (nSPS) is 15.4. The Morgan fingerprint density at radius 2 is 1.75 bits per heavy atom. The van der Waals surface area contributed by atoms with Gasteiger partial charge in [0.25, 0.3) is 6.43 Å². The predicted molar refractivity (Wildman–Crippen MR) is 59.4 cm³/mol. The van der Waals surface area contributed by atoms with E-state index in [9.17, 15) is 17.2 Å². The Hall–Kier alpha value is 0.0600. The first-order chi connectivity index (χ1) is 7.02. The summed E-state index contributed by atoms with van der Waals surface area (Å²) in [6.07, 6.45) is -2.55. The molecular weight excluding hydrogens is 262 g/mol. The lowest BCUT2D eigenvalue weighted by Crippen LogP contribution is -2.31. The minimum absolute atomic E-state index is 0.0419. The molecule has 0 fully saturated rings. The van der Waals surface area contributed by atoms with Crippen molar-refractivity contribution in [1.29, 1.82) is 0 Å². The second kappa shape index (κ2) is 6.12. The van der Waals surface area contributed by atoms with Gasteiger partial charge in [-0.15, -0.1) is 0 Å². The van der Waals surface area contributed by atoms with Gasteiger partial charge in [0.2, 0.25) is 9.05 Å². The highest BCUT2D eigenvalue weighted by Crippen LogP contribution is 2.28. The van der Waals surface area contributed by atoms with E-state index in [4.69, 9.17) is 15.4 Å². The minimum atomic E-state index is -3.65. The first kappa shape index (κ1) is 16.1. The molecule has 0 saturated heterocycles. The van der Waals surface area contributed by atoms with Gasteiger partial charge in [-0.3, -0.25) is 0 Å². The fourth-order valence-electron chi connectivity index (χ4n) is 1.09. The van der Waals surface area contributed by atoms with Crippen molar-refractivity contribution < 1.29 is 21.9 Å². The van der Waals surface area contributed by atoms with Crippen LogP contribution >= 0.6 is 10.7 Å². The quantitative estimate of drug-likeness (QED) is 0.701. The summed E-state index contributed by atoms with van der Waals surface area (Å²) in [7, 11) is 1.49. The SMILES string of the molecule is CC(C)(C)C(COCC(F)F)CS(=O)(=O)Cl. The Kier molecular flexibility index (Phi) is 6.14. The fourth-order valence-corrected chi connectivity index (χ4v) is 2.62. The van der Waals surface area contributed by atoms with Gasteiger partial charge < -0.3 is 4.74 Å². The van der Waals surface area contributed by atoms with Gasteiger partial charge in [-0.05, 0) is 5.41 Å². The molecule has 0 aliphatic rings. The molecule has 0 radical (unpaired) electrons. The van der Waals surface area contributed by atoms with E-state index in [0.29, 0.717) is 0 Å². The van der Waals surface area contributed by atoms with Gasteiger partial charge in [0.1, 0.15) is 6.61 Å². The molecule has 98 valence electrons. The van der Waals surface area contributed by atoms with E-state index in [1.54, 1.807) is 0 Å². The molecule has 0 N–H and O–H groups in total. The first-order valence-electron chi connectivity index (χ1n) is 4.80. The van der Waals surface area contributed by atoms with Gasteiger partial charge in [-0.1, -0.05) is 20.8 Å². The topological polar surface area (TPSA) is 43.4 Å². The van der Waals surface area contributed by atoms with E-state index in [-0.39, 0.29) is 17.8 Å². The molecule has 1 unspecified atom stereocenters. The molecule has 16 heavy (non-hydrogen) atoms. The molecule has 0 aromatic carbocycles. The molecule has 0 aliphatic carbocycles. The predicted octanol–water partition coefficient (Wildman–Crippen LogP) is 2.50. The lowest BCUT2D eigenvalue weighted by atomic mass is 9.82. The fraction of sp³-hybridized carbons (Fsp3) is 1.00. The van der Waals surface area contributed by atoms with Crippen molar-refractivity contribution in [3.8, 4) is 0 Å². The Bertz CT molecular complexity index is 298. The Balaban J connectivity index is 4.35. The monoisotopic (exact) mass is 278 g/mol. The molecular formula is C9H17ClF2O3S. The van der Waals surface area contributed by atoms with E-state index < -0.39 is 28.0 Å². The highest BCUT2D eigenvalue weighted by Gasteiger charge is 2.29. The highest BCUT2D eigenvalue weighted by atomic mass is 35.7. The first-order valence-corrected chi connectivity index (χ1v) is 7.28. The Morgan fingerprint density at radius 3 is 2.06 bits per heavy atom. The number of halogens is 3. The summed E-state index contributed by atoms with van der Waals surface area (Å²) < 4.78 is 50.4. The third-order valence-corrected chi connectivity index (χ3v) is 3.37. The molecule has 7 heteroatoms. The van der Waals surface area contributed by atoms with E-state index >= 15 is 0 Å². The molecule has 0 heterocycles. The van der Waals surface area contributed by atoms with Crippen LogP contribution in [0.2, 0.25) is 0 Å². The van der Waals surface area contributed by atoms with Gasteiger partial charge in [-0.2, -0.15) is 0 Å². The van der Waals surface area contributed by atoms with Crippen molar-refractivity contribution in [3.63, 3.8) is 0 Å². The molecule has 3 nitrogen and oxygen atoms in total. The van der Waals surface area contributed by atoms with E-state index in [1.807, 2.05) is 20.8 Å². The molecule has 0 amide bonds. The summed E-state index contributed by atoms with van der Waals surface area (Å²) >= 11 is 0. The van der Waals surface area contributed by atoms with Crippen LogP contribution in [-0.4, -0.2) is 33.8 Å². The highest BCUT2D eigenvalue weighted by molar-refractivity contribution is 8.13. The zero-order chi connectivity index (χ0) is 13.0. The summed E-state index contributed by atoms with van der Waals surface area (Å²) in [4.78, 5) is 0. The van der Waals surface area contributed by atoms with Crippen LogP contribution in [-0.2, 0) is 13.8 Å². The largest absolute Gasteiger partial charge is 0.375 e. The van der Waals surface area contributed by atoms with Gasteiger partial charge in [-0.25, -0.2) is 17.2 Å². The van der Waals surface area contributed by atoms with Crippen LogP contribution in [0.15, 0.2) is 0 Å². The van der Waals surface area contributed by atoms with Gasteiger partial charge in [0.15, 0.2) is 0 Å². The van der Waals surface area contributed by atoms with Crippen LogP contribution in [0.1, 0.15) is 20.8 Å². The van der Waals surface area contributed by atoms with Crippen LogP contribution in [0.3, 0.4) is 0 Å². The van der Waals surface area contributed by atoms with Crippen molar-refractivity contribution in [1.82, 2.24) is 0 Å². The maximum Gasteiger partial charge on any atom is 0.261 e. The molecule has 0 bridgehead atoms. The van der Waals surface area contributed by atoms with Crippen molar-refractivity contribution in [3.05, 3.63) is 0 Å². The lowest BCUT2D eigenvalue weighted by molar-refractivity contribution is -0.00818. The van der Waals surface area contributed by atoms with E-state index in [1.165, 1.54) is 0 Å². The third kappa shape index (κ3) is 8.24. The second-order valence-corrected chi connectivity index (χ2v) is 7.52. The standard InChI is InChI=1S/C9H17ClF2O3S/c1-9(2,3)7(6-16(10,13)14)4-15-5-8(11)12/h7-8H,4-6H2,1-3H3. The average Bonchev–Trinajstić information content (AvgIpc) is 1.97. The molecule has 0 spiro atoms. The Labute approximate surface area is 99.5 Å². The minimum Gasteiger partial charge on any atom is -0.375 e. The molecule has 0 aromatic rings.